The predicted molar refractivity (Wildman–Crippen MR) is 76.3 cm³/mol. The second-order valence-electron chi connectivity index (χ2n) is 4.89. The van der Waals surface area contributed by atoms with E-state index in [2.05, 4.69) is 35.8 Å². The molecule has 0 aromatic carbocycles. The number of rotatable bonds is 5. The first-order chi connectivity index (χ1) is 9.02. The summed E-state index contributed by atoms with van der Waals surface area (Å²) >= 11 is 0. The number of nitrogen functional groups attached to an aromatic ring is 1. The maximum Gasteiger partial charge on any atom is 0.215 e. The highest BCUT2D eigenvalue weighted by Crippen LogP contribution is 2.19. The summed E-state index contributed by atoms with van der Waals surface area (Å²) in [6.45, 7) is 5.98. The molecule has 0 atom stereocenters. The van der Waals surface area contributed by atoms with Gasteiger partial charge in [0.2, 0.25) is 11.8 Å². The largest absolute Gasteiger partial charge is 0.481 e. The molecule has 2 rings (SSSR count). The van der Waals surface area contributed by atoms with E-state index in [1.165, 1.54) is 0 Å². The molecule has 19 heavy (non-hydrogen) atoms. The van der Waals surface area contributed by atoms with Crippen molar-refractivity contribution in [3.8, 4) is 5.88 Å². The molecule has 6 nitrogen and oxygen atoms in total. The van der Waals surface area contributed by atoms with Crippen LogP contribution >= 0.6 is 0 Å². The Bertz CT molecular complexity index is 563. The summed E-state index contributed by atoms with van der Waals surface area (Å²) in [6, 6.07) is 4.16. The van der Waals surface area contributed by atoms with Gasteiger partial charge in [0.05, 0.1) is 7.11 Å². The minimum atomic E-state index is 0.493. The summed E-state index contributed by atoms with van der Waals surface area (Å²) in [4.78, 5) is 11.0. The molecule has 6 heteroatoms. The van der Waals surface area contributed by atoms with Gasteiger partial charge < -0.3 is 15.4 Å². The monoisotopic (exact) mass is 263 g/mol. The SMILES string of the molecule is COc1ccc2nc(N)n(CCN(C)C(C)C)c2n1. The molecule has 0 bridgehead atoms. The fraction of sp³-hybridized carbons (Fsp3) is 0.538. The van der Waals surface area contributed by atoms with Crippen molar-refractivity contribution in [3.63, 3.8) is 0 Å². The van der Waals surface area contributed by atoms with Crippen LogP contribution in [0.3, 0.4) is 0 Å². The van der Waals surface area contributed by atoms with Gasteiger partial charge in [-0.25, -0.2) is 4.98 Å². The Kier molecular flexibility index (Phi) is 3.90. The molecular weight excluding hydrogens is 242 g/mol. The van der Waals surface area contributed by atoms with Crippen molar-refractivity contribution in [2.75, 3.05) is 26.4 Å². The Morgan fingerprint density at radius 1 is 1.37 bits per heavy atom. The summed E-state index contributed by atoms with van der Waals surface area (Å²) in [6.07, 6.45) is 0. The van der Waals surface area contributed by atoms with Gasteiger partial charge in [0, 0.05) is 25.2 Å². The van der Waals surface area contributed by atoms with Gasteiger partial charge >= 0.3 is 0 Å². The Labute approximate surface area is 113 Å². The fourth-order valence-electron chi connectivity index (χ4n) is 1.85. The number of methoxy groups -OCH3 is 1. The number of nitrogens with zero attached hydrogens (tertiary/aromatic N) is 4. The number of imidazole rings is 1. The molecule has 2 aromatic heterocycles. The lowest BCUT2D eigenvalue weighted by molar-refractivity contribution is 0.264. The van der Waals surface area contributed by atoms with Gasteiger partial charge in [-0.2, -0.15) is 4.98 Å². The topological polar surface area (TPSA) is 69.2 Å². The number of aromatic nitrogens is 3. The number of hydrogen-bond acceptors (Lipinski definition) is 5. The van der Waals surface area contributed by atoms with Crippen molar-refractivity contribution < 1.29 is 4.74 Å². The van der Waals surface area contributed by atoms with Gasteiger partial charge in [-0.3, -0.25) is 4.57 Å². The van der Waals surface area contributed by atoms with Crippen molar-refractivity contribution in [2.24, 2.45) is 0 Å². The van der Waals surface area contributed by atoms with Crippen LogP contribution in [0, 0.1) is 0 Å². The molecule has 0 fully saturated rings. The Hall–Kier alpha value is -1.82. The number of nitrogens with two attached hydrogens (primary N) is 1. The maximum atomic E-state index is 5.96. The highest BCUT2D eigenvalue weighted by Gasteiger charge is 2.12. The summed E-state index contributed by atoms with van der Waals surface area (Å²) in [5.74, 6) is 1.07. The number of hydrogen-bond donors (Lipinski definition) is 1. The zero-order chi connectivity index (χ0) is 14.0. The maximum absolute atomic E-state index is 5.96. The van der Waals surface area contributed by atoms with Crippen LogP contribution in [0.25, 0.3) is 11.2 Å². The number of pyridine rings is 1. The second kappa shape index (κ2) is 5.44. The van der Waals surface area contributed by atoms with E-state index < -0.39 is 0 Å². The summed E-state index contributed by atoms with van der Waals surface area (Å²) in [5, 5.41) is 0. The van der Waals surface area contributed by atoms with Gasteiger partial charge in [-0.15, -0.1) is 0 Å². The molecule has 2 aromatic rings. The smallest absolute Gasteiger partial charge is 0.215 e. The van der Waals surface area contributed by atoms with Crippen molar-refractivity contribution in [3.05, 3.63) is 12.1 Å². The third-order valence-electron chi connectivity index (χ3n) is 3.36. The average molecular weight is 263 g/mol. The summed E-state index contributed by atoms with van der Waals surface area (Å²) < 4.78 is 7.07. The van der Waals surface area contributed by atoms with Crippen LogP contribution < -0.4 is 10.5 Å². The Morgan fingerprint density at radius 2 is 2.11 bits per heavy atom. The van der Waals surface area contributed by atoms with Crippen LogP contribution in [0.4, 0.5) is 5.95 Å². The molecule has 0 aliphatic rings. The highest BCUT2D eigenvalue weighted by atomic mass is 16.5. The molecule has 0 radical (unpaired) electrons. The van der Waals surface area contributed by atoms with E-state index in [1.807, 2.05) is 10.6 Å². The van der Waals surface area contributed by atoms with Crippen LogP contribution in [0.5, 0.6) is 5.88 Å². The van der Waals surface area contributed by atoms with Crippen LogP contribution in [-0.4, -0.2) is 46.2 Å². The van der Waals surface area contributed by atoms with Crippen LogP contribution in [0.1, 0.15) is 13.8 Å². The lowest BCUT2D eigenvalue weighted by Gasteiger charge is -2.21. The standard InChI is InChI=1S/C13H21N5O/c1-9(2)17(3)7-8-18-12-10(15-13(18)14)5-6-11(16-12)19-4/h5-6,9H,7-8H2,1-4H3,(H2,14,15). The normalized spacial score (nSPS) is 11.7. The van der Waals surface area contributed by atoms with E-state index in [-0.39, 0.29) is 0 Å². The van der Waals surface area contributed by atoms with E-state index in [0.717, 1.165) is 24.3 Å². The van der Waals surface area contributed by atoms with Gasteiger partial charge in [0.1, 0.15) is 5.52 Å². The Morgan fingerprint density at radius 3 is 2.74 bits per heavy atom. The molecule has 104 valence electrons. The predicted octanol–water partition coefficient (Wildman–Crippen LogP) is 1.36. The highest BCUT2D eigenvalue weighted by molar-refractivity contribution is 5.74. The Balaban J connectivity index is 2.28. The molecule has 0 spiro atoms. The lowest BCUT2D eigenvalue weighted by Crippen LogP contribution is -2.30. The van der Waals surface area contributed by atoms with Crippen molar-refractivity contribution in [1.29, 1.82) is 0 Å². The number of fused-ring (bicyclic) bond motifs is 1. The number of likely N-dealkylation sites (N-methyl/N-ethyl adjacent to an activating group) is 1. The van der Waals surface area contributed by atoms with Gasteiger partial charge in [-0.05, 0) is 27.0 Å². The van der Waals surface area contributed by atoms with E-state index in [0.29, 0.717) is 17.9 Å². The first kappa shape index (κ1) is 13.6. The van der Waals surface area contributed by atoms with Crippen LogP contribution in [0.15, 0.2) is 12.1 Å². The minimum Gasteiger partial charge on any atom is -0.481 e. The van der Waals surface area contributed by atoms with Crippen molar-refractivity contribution in [2.45, 2.75) is 26.4 Å². The zero-order valence-corrected chi connectivity index (χ0v) is 11.9. The van der Waals surface area contributed by atoms with E-state index >= 15 is 0 Å². The molecule has 0 amide bonds. The molecule has 2 heterocycles. The summed E-state index contributed by atoms with van der Waals surface area (Å²) in [7, 11) is 3.69. The van der Waals surface area contributed by atoms with E-state index in [9.17, 15) is 0 Å². The molecule has 2 N–H and O–H groups in total. The molecule has 0 aliphatic heterocycles. The first-order valence-electron chi connectivity index (χ1n) is 6.40. The number of ether oxygens (including phenoxy) is 1. The third kappa shape index (κ3) is 2.78. The zero-order valence-electron chi connectivity index (χ0n) is 11.9. The van der Waals surface area contributed by atoms with E-state index in [4.69, 9.17) is 10.5 Å². The molecule has 0 unspecified atom stereocenters. The molecule has 0 saturated carbocycles. The molecule has 0 saturated heterocycles. The van der Waals surface area contributed by atoms with Gasteiger partial charge in [-0.1, -0.05) is 0 Å². The van der Waals surface area contributed by atoms with Crippen molar-refractivity contribution in [1.82, 2.24) is 19.4 Å². The molecular formula is C13H21N5O. The van der Waals surface area contributed by atoms with Gasteiger partial charge in [0.15, 0.2) is 5.65 Å². The van der Waals surface area contributed by atoms with Crippen LogP contribution in [-0.2, 0) is 6.54 Å². The minimum absolute atomic E-state index is 0.493. The molecule has 0 aliphatic carbocycles. The summed E-state index contributed by atoms with van der Waals surface area (Å²) in [5.41, 5.74) is 7.53. The van der Waals surface area contributed by atoms with Crippen molar-refractivity contribution >= 4 is 17.1 Å². The average Bonchev–Trinajstić information content (AvgIpc) is 2.70. The second-order valence-corrected chi connectivity index (χ2v) is 4.89. The van der Waals surface area contributed by atoms with E-state index in [1.54, 1.807) is 13.2 Å². The quantitative estimate of drug-likeness (QED) is 0.882. The van der Waals surface area contributed by atoms with Crippen LogP contribution in [0.2, 0.25) is 0 Å². The van der Waals surface area contributed by atoms with Gasteiger partial charge in [0.25, 0.3) is 0 Å². The number of anilines is 1. The fourth-order valence-corrected chi connectivity index (χ4v) is 1.85. The first-order valence-corrected chi connectivity index (χ1v) is 6.40. The third-order valence-corrected chi connectivity index (χ3v) is 3.36. The lowest BCUT2D eigenvalue weighted by atomic mass is 10.3.